The molecule has 0 spiro atoms. The van der Waals surface area contributed by atoms with Crippen LogP contribution in [0.15, 0.2) is 23.1 Å². The molecular formula is C14H24N4O2S. The van der Waals surface area contributed by atoms with Crippen LogP contribution in [0.2, 0.25) is 0 Å². The molecule has 1 atom stereocenters. The van der Waals surface area contributed by atoms with Crippen LogP contribution in [0.25, 0.3) is 0 Å². The maximum absolute atomic E-state index is 11.4. The SMILES string of the molecule is CCN1CCCC1CN(C)c1ccc(S(N)(=O)=O)c(N)c1. The zero-order valence-electron chi connectivity index (χ0n) is 12.6. The average molecular weight is 312 g/mol. The first-order valence-electron chi connectivity index (χ1n) is 7.20. The minimum Gasteiger partial charge on any atom is -0.398 e. The molecule has 6 nitrogen and oxygen atoms in total. The van der Waals surface area contributed by atoms with Gasteiger partial charge in [-0.3, -0.25) is 4.90 Å². The van der Waals surface area contributed by atoms with Crippen molar-refractivity contribution in [2.45, 2.75) is 30.7 Å². The highest BCUT2D eigenvalue weighted by Crippen LogP contribution is 2.25. The highest BCUT2D eigenvalue weighted by atomic mass is 32.2. The molecule has 1 heterocycles. The molecular weight excluding hydrogens is 288 g/mol. The predicted molar refractivity (Wildman–Crippen MR) is 85.8 cm³/mol. The van der Waals surface area contributed by atoms with Crippen molar-refractivity contribution in [3.8, 4) is 0 Å². The summed E-state index contributed by atoms with van der Waals surface area (Å²) < 4.78 is 22.7. The van der Waals surface area contributed by atoms with Crippen LogP contribution in [-0.4, -0.2) is 46.0 Å². The number of hydrogen-bond donors (Lipinski definition) is 2. The van der Waals surface area contributed by atoms with Gasteiger partial charge in [-0.05, 0) is 44.1 Å². The third-order valence-electron chi connectivity index (χ3n) is 4.13. The summed E-state index contributed by atoms with van der Waals surface area (Å²) in [4.78, 5) is 4.57. The standard InChI is InChI=1S/C14H24N4O2S/c1-3-18-8-4-5-12(18)10-17(2)11-6-7-14(13(15)9-11)21(16,19)20/h6-7,9,12H,3-5,8,10,15H2,1-2H3,(H2,16,19,20). The summed E-state index contributed by atoms with van der Waals surface area (Å²) in [5.74, 6) is 0. The van der Waals surface area contributed by atoms with E-state index in [0.29, 0.717) is 6.04 Å². The van der Waals surface area contributed by atoms with Gasteiger partial charge in [0.25, 0.3) is 0 Å². The molecule has 7 heteroatoms. The monoisotopic (exact) mass is 312 g/mol. The minimum absolute atomic E-state index is 0.0179. The van der Waals surface area contributed by atoms with Crippen molar-refractivity contribution in [3.63, 3.8) is 0 Å². The lowest BCUT2D eigenvalue weighted by molar-refractivity contribution is 0.270. The first-order valence-corrected chi connectivity index (χ1v) is 8.75. The van der Waals surface area contributed by atoms with E-state index in [1.165, 1.54) is 18.9 Å². The number of sulfonamides is 1. The van der Waals surface area contributed by atoms with E-state index in [2.05, 4.69) is 16.7 Å². The van der Waals surface area contributed by atoms with E-state index in [0.717, 1.165) is 25.3 Å². The second-order valence-corrected chi connectivity index (χ2v) is 7.10. The van der Waals surface area contributed by atoms with Gasteiger partial charge in [-0.25, -0.2) is 13.6 Å². The Morgan fingerprint density at radius 3 is 2.71 bits per heavy atom. The maximum atomic E-state index is 11.4. The molecule has 1 aromatic carbocycles. The van der Waals surface area contributed by atoms with Crippen molar-refractivity contribution in [1.29, 1.82) is 0 Å². The summed E-state index contributed by atoms with van der Waals surface area (Å²) in [5, 5.41) is 5.12. The van der Waals surface area contributed by atoms with Gasteiger partial charge >= 0.3 is 0 Å². The second-order valence-electron chi connectivity index (χ2n) is 5.57. The van der Waals surface area contributed by atoms with Crippen molar-refractivity contribution in [3.05, 3.63) is 18.2 Å². The number of nitrogen functional groups attached to an aromatic ring is 1. The van der Waals surface area contributed by atoms with Crippen LogP contribution in [0.4, 0.5) is 11.4 Å². The first kappa shape index (κ1) is 16.1. The molecule has 1 unspecified atom stereocenters. The Hall–Kier alpha value is -1.31. The zero-order chi connectivity index (χ0) is 15.6. The Morgan fingerprint density at radius 2 is 2.14 bits per heavy atom. The van der Waals surface area contributed by atoms with Crippen LogP contribution in [-0.2, 0) is 10.0 Å². The Balaban J connectivity index is 2.13. The van der Waals surface area contributed by atoms with Crippen molar-refractivity contribution >= 4 is 21.4 Å². The number of likely N-dealkylation sites (tertiary alicyclic amines) is 1. The Labute approximate surface area is 126 Å². The van der Waals surface area contributed by atoms with Gasteiger partial charge in [-0.1, -0.05) is 6.92 Å². The fraction of sp³-hybridized carbons (Fsp3) is 0.571. The first-order chi connectivity index (χ1) is 9.82. The number of nitrogens with two attached hydrogens (primary N) is 2. The number of primary sulfonamides is 1. The highest BCUT2D eigenvalue weighted by molar-refractivity contribution is 7.89. The third-order valence-corrected chi connectivity index (χ3v) is 5.12. The van der Waals surface area contributed by atoms with Crippen LogP contribution in [0.1, 0.15) is 19.8 Å². The van der Waals surface area contributed by atoms with E-state index < -0.39 is 10.0 Å². The van der Waals surface area contributed by atoms with Crippen molar-refractivity contribution in [2.75, 3.05) is 37.3 Å². The van der Waals surface area contributed by atoms with Gasteiger partial charge in [-0.15, -0.1) is 0 Å². The molecule has 0 amide bonds. The van der Waals surface area contributed by atoms with Crippen LogP contribution < -0.4 is 15.8 Å². The Bertz CT molecular complexity index is 603. The molecule has 1 fully saturated rings. The van der Waals surface area contributed by atoms with E-state index in [1.807, 2.05) is 7.05 Å². The van der Waals surface area contributed by atoms with Gasteiger partial charge in [0.15, 0.2) is 0 Å². The quantitative estimate of drug-likeness (QED) is 0.786. The Morgan fingerprint density at radius 1 is 1.43 bits per heavy atom. The highest BCUT2D eigenvalue weighted by Gasteiger charge is 2.24. The summed E-state index contributed by atoms with van der Waals surface area (Å²) in [6, 6.07) is 5.44. The van der Waals surface area contributed by atoms with Crippen molar-refractivity contribution in [1.82, 2.24) is 4.90 Å². The predicted octanol–water partition coefficient (Wildman–Crippen LogP) is 0.837. The summed E-state index contributed by atoms with van der Waals surface area (Å²) in [7, 11) is -1.77. The lowest BCUT2D eigenvalue weighted by Gasteiger charge is -2.29. The second kappa shape index (κ2) is 6.21. The van der Waals surface area contributed by atoms with Gasteiger partial charge in [0.1, 0.15) is 4.90 Å². The summed E-state index contributed by atoms with van der Waals surface area (Å²) >= 11 is 0. The Kier molecular flexibility index (Phi) is 4.75. The lowest BCUT2D eigenvalue weighted by atomic mass is 10.2. The molecule has 1 aliphatic rings. The van der Waals surface area contributed by atoms with Crippen LogP contribution >= 0.6 is 0 Å². The number of hydrogen-bond acceptors (Lipinski definition) is 5. The smallest absolute Gasteiger partial charge is 0.240 e. The molecule has 0 aromatic heterocycles. The number of anilines is 2. The number of nitrogens with zero attached hydrogens (tertiary/aromatic N) is 2. The van der Waals surface area contributed by atoms with Crippen molar-refractivity contribution < 1.29 is 8.42 Å². The van der Waals surface area contributed by atoms with Gasteiger partial charge < -0.3 is 10.6 Å². The lowest BCUT2D eigenvalue weighted by Crippen LogP contribution is -2.38. The van der Waals surface area contributed by atoms with Gasteiger partial charge in [0.2, 0.25) is 10.0 Å². The summed E-state index contributed by atoms with van der Waals surface area (Å²) in [5.41, 5.74) is 6.91. The number of benzene rings is 1. The molecule has 4 N–H and O–H groups in total. The molecule has 2 rings (SSSR count). The number of rotatable bonds is 5. The van der Waals surface area contributed by atoms with Gasteiger partial charge in [0.05, 0.1) is 5.69 Å². The molecule has 0 aliphatic carbocycles. The van der Waals surface area contributed by atoms with Crippen LogP contribution in [0.3, 0.4) is 0 Å². The van der Waals surface area contributed by atoms with E-state index in [4.69, 9.17) is 10.9 Å². The molecule has 118 valence electrons. The zero-order valence-corrected chi connectivity index (χ0v) is 13.4. The van der Waals surface area contributed by atoms with Gasteiger partial charge in [0, 0.05) is 25.3 Å². The normalized spacial score (nSPS) is 19.9. The van der Waals surface area contributed by atoms with Crippen molar-refractivity contribution in [2.24, 2.45) is 5.14 Å². The third kappa shape index (κ3) is 3.66. The fourth-order valence-electron chi connectivity index (χ4n) is 2.97. The average Bonchev–Trinajstić information content (AvgIpc) is 2.84. The fourth-order valence-corrected chi connectivity index (χ4v) is 3.62. The minimum atomic E-state index is -3.76. The van der Waals surface area contributed by atoms with E-state index in [-0.39, 0.29) is 10.6 Å². The maximum Gasteiger partial charge on any atom is 0.240 e. The van der Waals surface area contributed by atoms with E-state index in [1.54, 1.807) is 12.1 Å². The number of likely N-dealkylation sites (N-methyl/N-ethyl adjacent to an activating group) is 2. The van der Waals surface area contributed by atoms with E-state index in [9.17, 15) is 8.42 Å². The molecule has 1 saturated heterocycles. The molecule has 1 aromatic rings. The van der Waals surface area contributed by atoms with Gasteiger partial charge in [-0.2, -0.15) is 0 Å². The van der Waals surface area contributed by atoms with Crippen LogP contribution in [0, 0.1) is 0 Å². The molecule has 21 heavy (non-hydrogen) atoms. The van der Waals surface area contributed by atoms with E-state index >= 15 is 0 Å². The summed E-state index contributed by atoms with van der Waals surface area (Å²) in [6.45, 7) is 5.30. The molecule has 0 bridgehead atoms. The summed E-state index contributed by atoms with van der Waals surface area (Å²) in [6.07, 6.45) is 2.43. The molecule has 0 radical (unpaired) electrons. The molecule has 0 saturated carbocycles. The largest absolute Gasteiger partial charge is 0.398 e. The molecule has 1 aliphatic heterocycles. The van der Waals surface area contributed by atoms with Crippen LogP contribution in [0.5, 0.6) is 0 Å². The topological polar surface area (TPSA) is 92.7 Å².